The van der Waals surface area contributed by atoms with Gasteiger partial charge in [0.25, 0.3) is 0 Å². The largest absolute Gasteiger partial charge is 0.331 e. The van der Waals surface area contributed by atoms with Gasteiger partial charge in [0, 0.05) is 30.6 Å². The van der Waals surface area contributed by atoms with Gasteiger partial charge in [0.1, 0.15) is 23.3 Å². The average molecular weight is 373 g/mol. The first kappa shape index (κ1) is 17.0. The van der Waals surface area contributed by atoms with E-state index in [0.29, 0.717) is 11.8 Å². The maximum Gasteiger partial charge on any atom is 0.159 e. The standard InChI is InChI=1S/C21H23N7/c1-12-23-18(11-20(24-12)28-14(3)22-13(2)26-28)15-9-16(10-15)21-25-17-7-5-6-8-19(17)27(21)4/h5-8,11,15-16H,9-10H2,1-4H3/t15-,16+. The zero-order chi connectivity index (χ0) is 19.4. The quantitative estimate of drug-likeness (QED) is 0.549. The van der Waals surface area contributed by atoms with Gasteiger partial charge >= 0.3 is 0 Å². The van der Waals surface area contributed by atoms with Crippen molar-refractivity contribution in [1.29, 1.82) is 0 Å². The van der Waals surface area contributed by atoms with E-state index in [9.17, 15) is 0 Å². The fourth-order valence-electron chi connectivity index (χ4n) is 4.23. The van der Waals surface area contributed by atoms with Gasteiger partial charge in [-0.05, 0) is 45.7 Å². The molecule has 1 aliphatic carbocycles. The number of rotatable bonds is 3. The molecule has 4 aromatic rings. The summed E-state index contributed by atoms with van der Waals surface area (Å²) in [5, 5.41) is 4.47. The zero-order valence-electron chi connectivity index (χ0n) is 16.6. The Kier molecular flexibility index (Phi) is 3.79. The van der Waals surface area contributed by atoms with Gasteiger partial charge in [-0.2, -0.15) is 4.68 Å². The molecule has 1 aromatic carbocycles. The molecule has 0 radical (unpaired) electrons. The van der Waals surface area contributed by atoms with Crippen LogP contribution in [0.1, 0.15) is 53.7 Å². The normalized spacial score (nSPS) is 19.1. The number of nitrogens with zero attached hydrogens (tertiary/aromatic N) is 7. The molecular weight excluding hydrogens is 350 g/mol. The topological polar surface area (TPSA) is 74.3 Å². The molecule has 3 aromatic heterocycles. The van der Waals surface area contributed by atoms with Crippen molar-refractivity contribution < 1.29 is 0 Å². The number of hydrogen-bond donors (Lipinski definition) is 0. The number of aromatic nitrogens is 7. The monoisotopic (exact) mass is 373 g/mol. The van der Waals surface area contributed by atoms with Crippen molar-refractivity contribution >= 4 is 11.0 Å². The number of para-hydroxylation sites is 2. The van der Waals surface area contributed by atoms with Crippen LogP contribution in [-0.2, 0) is 7.05 Å². The fourth-order valence-corrected chi connectivity index (χ4v) is 4.23. The molecule has 0 aliphatic heterocycles. The smallest absolute Gasteiger partial charge is 0.159 e. The van der Waals surface area contributed by atoms with Crippen LogP contribution in [0.2, 0.25) is 0 Å². The summed E-state index contributed by atoms with van der Waals surface area (Å²) in [5.74, 6) is 5.23. The molecule has 28 heavy (non-hydrogen) atoms. The number of fused-ring (bicyclic) bond motifs is 1. The first-order valence-corrected chi connectivity index (χ1v) is 9.67. The number of hydrogen-bond acceptors (Lipinski definition) is 5. The highest BCUT2D eigenvalue weighted by molar-refractivity contribution is 5.75. The molecule has 3 heterocycles. The Hall–Kier alpha value is -3.09. The van der Waals surface area contributed by atoms with E-state index in [0.717, 1.165) is 47.3 Å². The Morgan fingerprint density at radius 3 is 2.39 bits per heavy atom. The average Bonchev–Trinajstić information content (AvgIpc) is 3.13. The van der Waals surface area contributed by atoms with Crippen LogP contribution in [0.3, 0.4) is 0 Å². The molecule has 1 saturated carbocycles. The van der Waals surface area contributed by atoms with Crippen molar-refractivity contribution in [3.63, 3.8) is 0 Å². The van der Waals surface area contributed by atoms with Crippen molar-refractivity contribution in [2.45, 2.75) is 45.4 Å². The van der Waals surface area contributed by atoms with Crippen LogP contribution in [-0.4, -0.2) is 34.3 Å². The number of imidazole rings is 1. The van der Waals surface area contributed by atoms with E-state index in [1.54, 1.807) is 4.68 Å². The Morgan fingerprint density at radius 1 is 0.893 bits per heavy atom. The molecule has 0 saturated heterocycles. The van der Waals surface area contributed by atoms with Crippen molar-refractivity contribution in [1.82, 2.24) is 34.3 Å². The van der Waals surface area contributed by atoms with Crippen LogP contribution in [0.15, 0.2) is 30.3 Å². The van der Waals surface area contributed by atoms with Gasteiger partial charge < -0.3 is 4.57 Å². The minimum absolute atomic E-state index is 0.426. The Morgan fingerprint density at radius 2 is 1.68 bits per heavy atom. The zero-order valence-corrected chi connectivity index (χ0v) is 16.6. The molecule has 5 rings (SSSR count). The van der Waals surface area contributed by atoms with Crippen LogP contribution in [0.25, 0.3) is 16.9 Å². The maximum atomic E-state index is 4.87. The molecule has 1 aliphatic rings. The molecule has 0 unspecified atom stereocenters. The van der Waals surface area contributed by atoms with E-state index in [2.05, 4.69) is 50.9 Å². The Bertz CT molecular complexity index is 1180. The lowest BCUT2D eigenvalue weighted by atomic mass is 9.72. The molecule has 7 heteroatoms. The van der Waals surface area contributed by atoms with Crippen LogP contribution >= 0.6 is 0 Å². The second-order valence-electron chi connectivity index (χ2n) is 7.70. The third-order valence-electron chi connectivity index (χ3n) is 5.68. The number of aryl methyl sites for hydroxylation is 4. The Balaban J connectivity index is 1.41. The lowest BCUT2D eigenvalue weighted by Gasteiger charge is -2.34. The molecule has 0 spiro atoms. The maximum absolute atomic E-state index is 4.87. The summed E-state index contributed by atoms with van der Waals surface area (Å²) < 4.78 is 4.03. The fraction of sp³-hybridized carbons (Fsp3) is 0.381. The van der Waals surface area contributed by atoms with E-state index in [1.165, 1.54) is 11.3 Å². The van der Waals surface area contributed by atoms with Crippen molar-refractivity contribution in [3.05, 3.63) is 59.3 Å². The van der Waals surface area contributed by atoms with Gasteiger partial charge in [0.05, 0.1) is 11.0 Å². The third-order valence-corrected chi connectivity index (χ3v) is 5.68. The molecule has 0 N–H and O–H groups in total. The van der Waals surface area contributed by atoms with Crippen LogP contribution in [0.4, 0.5) is 0 Å². The summed E-state index contributed by atoms with van der Waals surface area (Å²) in [4.78, 5) is 18.5. The predicted octanol–water partition coefficient (Wildman–Crippen LogP) is 3.53. The van der Waals surface area contributed by atoms with Crippen molar-refractivity contribution in [3.8, 4) is 5.82 Å². The summed E-state index contributed by atoms with van der Waals surface area (Å²) in [5.41, 5.74) is 3.35. The van der Waals surface area contributed by atoms with Crippen molar-refractivity contribution in [2.75, 3.05) is 0 Å². The van der Waals surface area contributed by atoms with Crippen LogP contribution in [0, 0.1) is 20.8 Å². The first-order chi connectivity index (χ1) is 13.5. The second kappa shape index (κ2) is 6.22. The minimum Gasteiger partial charge on any atom is -0.331 e. The SMILES string of the molecule is Cc1nc(-n2nc(C)nc2C)cc([C@H]2C[C@@H](c3nc4ccccc4n3C)C2)n1. The lowest BCUT2D eigenvalue weighted by Crippen LogP contribution is -2.24. The molecule has 0 bridgehead atoms. The predicted molar refractivity (Wildman–Crippen MR) is 107 cm³/mol. The van der Waals surface area contributed by atoms with E-state index >= 15 is 0 Å². The summed E-state index contributed by atoms with van der Waals surface area (Å²) in [6.07, 6.45) is 2.12. The second-order valence-corrected chi connectivity index (χ2v) is 7.70. The van der Waals surface area contributed by atoms with E-state index in [4.69, 9.17) is 9.97 Å². The molecule has 7 nitrogen and oxygen atoms in total. The highest BCUT2D eigenvalue weighted by atomic mass is 15.4. The highest BCUT2D eigenvalue weighted by Gasteiger charge is 2.35. The van der Waals surface area contributed by atoms with Crippen LogP contribution < -0.4 is 0 Å². The molecule has 142 valence electrons. The van der Waals surface area contributed by atoms with Gasteiger partial charge in [-0.15, -0.1) is 5.10 Å². The van der Waals surface area contributed by atoms with Gasteiger partial charge in [0.2, 0.25) is 0 Å². The van der Waals surface area contributed by atoms with E-state index in [-0.39, 0.29) is 0 Å². The van der Waals surface area contributed by atoms with Gasteiger partial charge in [0.15, 0.2) is 5.82 Å². The number of benzene rings is 1. The van der Waals surface area contributed by atoms with E-state index < -0.39 is 0 Å². The van der Waals surface area contributed by atoms with Gasteiger partial charge in [-0.25, -0.2) is 19.9 Å². The summed E-state index contributed by atoms with van der Waals surface area (Å²) in [7, 11) is 2.11. The molecular formula is C21H23N7. The Labute approximate surface area is 163 Å². The lowest BCUT2D eigenvalue weighted by molar-refractivity contribution is 0.326. The summed E-state index contributed by atoms with van der Waals surface area (Å²) in [6, 6.07) is 10.4. The van der Waals surface area contributed by atoms with Crippen LogP contribution in [0.5, 0.6) is 0 Å². The highest BCUT2D eigenvalue weighted by Crippen LogP contribution is 2.47. The first-order valence-electron chi connectivity index (χ1n) is 9.67. The molecule has 0 amide bonds. The van der Waals surface area contributed by atoms with E-state index in [1.807, 2.05) is 26.8 Å². The minimum atomic E-state index is 0.426. The van der Waals surface area contributed by atoms with Gasteiger partial charge in [-0.3, -0.25) is 0 Å². The van der Waals surface area contributed by atoms with Crippen molar-refractivity contribution in [2.24, 2.45) is 7.05 Å². The third kappa shape index (κ3) is 2.69. The van der Waals surface area contributed by atoms with Gasteiger partial charge in [-0.1, -0.05) is 12.1 Å². The summed E-state index contributed by atoms with van der Waals surface area (Å²) in [6.45, 7) is 5.78. The summed E-state index contributed by atoms with van der Waals surface area (Å²) >= 11 is 0. The molecule has 0 atom stereocenters. The molecule has 1 fully saturated rings.